The van der Waals surface area contributed by atoms with E-state index >= 15 is 0 Å². The zero-order valence-electron chi connectivity index (χ0n) is 56.7. The van der Waals surface area contributed by atoms with Gasteiger partial charge in [0.2, 0.25) is 33.9 Å². The summed E-state index contributed by atoms with van der Waals surface area (Å²) in [6, 6.07) is 36.6. The van der Waals surface area contributed by atoms with E-state index in [9.17, 15) is 41.2 Å². The monoisotopic (exact) mass is 1420 g/mol. The molecule has 0 bridgehead atoms. The van der Waals surface area contributed by atoms with Crippen molar-refractivity contribution in [1.82, 2.24) is 49.1 Å². The number of benzene rings is 5. The van der Waals surface area contributed by atoms with Gasteiger partial charge in [-0.2, -0.15) is 32.8 Å². The molecule has 29 heteroatoms. The van der Waals surface area contributed by atoms with Crippen LogP contribution in [0.25, 0.3) is 33.2 Å². The molecule has 0 aliphatic carbocycles. The largest absolute Gasteiger partial charge is 0.480 e. The minimum atomic E-state index is -4.94. The summed E-state index contributed by atoms with van der Waals surface area (Å²) in [5.41, 5.74) is 6.44. The number of H-pyrrole nitrogens is 3. The number of carbonyl (C=O) groups excluding carboxylic acids is 3. The first-order chi connectivity index (χ1) is 47.4. The number of amides is 1. The van der Waals surface area contributed by atoms with E-state index in [4.69, 9.17) is 40.7 Å². The zero-order chi connectivity index (χ0) is 72.5. The van der Waals surface area contributed by atoms with Crippen molar-refractivity contribution in [2.24, 2.45) is 5.41 Å². The van der Waals surface area contributed by atoms with Crippen LogP contribution in [0.1, 0.15) is 133 Å². The number of esters is 2. The molecule has 11 aromatic rings. The van der Waals surface area contributed by atoms with Crippen LogP contribution in [0.2, 0.25) is 5.15 Å². The molecule has 0 aliphatic rings. The number of aromatic nitrogens is 9. The van der Waals surface area contributed by atoms with E-state index in [0.717, 1.165) is 28.7 Å². The molecule has 11 rings (SSSR count). The van der Waals surface area contributed by atoms with Gasteiger partial charge in [-0.05, 0) is 130 Å². The number of alkyl halides is 3. The second kappa shape index (κ2) is 31.0. The Hall–Kier alpha value is -10.7. The van der Waals surface area contributed by atoms with E-state index in [-0.39, 0.29) is 56.5 Å². The Labute approximate surface area is 584 Å². The quantitative estimate of drug-likeness (QED) is 0.0330. The maximum absolute atomic E-state index is 13.9. The maximum Gasteiger partial charge on any atom is 0.437 e. The fourth-order valence-corrected chi connectivity index (χ4v) is 13.0. The number of hydrogen-bond donors (Lipinski definition) is 5. The van der Waals surface area contributed by atoms with Crippen molar-refractivity contribution >= 4 is 80.1 Å². The van der Waals surface area contributed by atoms with Crippen molar-refractivity contribution in [1.29, 1.82) is 5.26 Å². The lowest BCUT2D eigenvalue weighted by atomic mass is 9.72. The predicted molar refractivity (Wildman–Crippen MR) is 373 cm³/mol. The Balaban J connectivity index is 0.000000176. The molecule has 522 valence electrons. The lowest BCUT2D eigenvalue weighted by Crippen LogP contribution is -2.39. The summed E-state index contributed by atoms with van der Waals surface area (Å²) in [5, 5.41) is 29.4. The summed E-state index contributed by atoms with van der Waals surface area (Å²) in [6.45, 7) is 31.8. The van der Waals surface area contributed by atoms with Crippen LogP contribution >= 0.6 is 11.6 Å². The Morgan fingerprint density at radius 2 is 1.51 bits per heavy atom. The molecule has 3 atom stereocenters. The number of nitrogens with one attached hydrogen (secondary N) is 5. The minimum absolute atomic E-state index is 0.0702. The lowest BCUT2D eigenvalue weighted by Gasteiger charge is -2.33. The molecule has 0 saturated heterocycles. The minimum Gasteiger partial charge on any atom is -0.480 e. The van der Waals surface area contributed by atoms with Gasteiger partial charge in [0, 0.05) is 30.3 Å². The van der Waals surface area contributed by atoms with E-state index in [1.54, 1.807) is 83.4 Å². The molecule has 0 spiro atoms. The van der Waals surface area contributed by atoms with Gasteiger partial charge < -0.3 is 27.9 Å². The molecule has 3 unspecified atom stereocenters. The first kappa shape index (κ1) is 73.6. The Kier molecular flexibility index (Phi) is 22.8. The number of hydrogen-bond acceptors (Lipinski definition) is 14. The SMILES string of the molecule is CCOC(=O)c1c(C)c(Cl)n2c(CCNC(=O)C(CC)Oc3ccc(C)cc3C)n[nH]c12.Cc1nc2c(OC(=O)c3ccccc3)c(OS(=O)c3ccccc3)c(C(F)(F)F)n2[nH]1.[C-]#[N+]c1cn2c(-c3cccc(NS(=O)Oc4cc(C(C)(C)CC(C)(C)C)ccc4C)c3)n[nH]c2c1C#N. The van der Waals surface area contributed by atoms with Gasteiger partial charge in [-0.25, -0.2) is 28.1 Å². The fourth-order valence-electron chi connectivity index (χ4n) is 11.3. The molecule has 100 heavy (non-hydrogen) atoms. The molecule has 0 saturated carbocycles. The highest BCUT2D eigenvalue weighted by Crippen LogP contribution is 2.47. The zero-order valence-corrected chi connectivity index (χ0v) is 59.1. The number of rotatable bonds is 21. The fraction of sp³-hybridized carbons (Fsp3) is 0.296. The van der Waals surface area contributed by atoms with E-state index in [2.05, 4.69) is 86.0 Å². The molecule has 5 N–H and O–H groups in total. The van der Waals surface area contributed by atoms with Gasteiger partial charge in [-0.3, -0.25) is 33.6 Å². The summed E-state index contributed by atoms with van der Waals surface area (Å²) in [6.07, 6.45) is -2.00. The van der Waals surface area contributed by atoms with Crippen molar-refractivity contribution in [3.05, 3.63) is 206 Å². The Morgan fingerprint density at radius 1 is 0.810 bits per heavy atom. The second-order valence-corrected chi connectivity index (χ2v) is 27.3. The number of aromatic amines is 3. The number of anilines is 1. The van der Waals surface area contributed by atoms with Crippen LogP contribution in [0.15, 0.2) is 132 Å². The number of nitriles is 1. The normalized spacial score (nSPS) is 12.5. The third kappa shape index (κ3) is 16.9. The molecule has 0 aliphatic heterocycles. The summed E-state index contributed by atoms with van der Waals surface area (Å²) in [5.74, 6) is -0.507. The highest BCUT2D eigenvalue weighted by molar-refractivity contribution is 7.82. The highest BCUT2D eigenvalue weighted by Gasteiger charge is 2.44. The number of carbonyl (C=O) groups is 3. The van der Waals surface area contributed by atoms with E-state index in [1.807, 2.05) is 70.2 Å². The number of nitrogens with zero attached hydrogens (tertiary/aromatic N) is 8. The van der Waals surface area contributed by atoms with Gasteiger partial charge >= 0.3 is 29.4 Å². The van der Waals surface area contributed by atoms with Crippen LogP contribution in [0.3, 0.4) is 0 Å². The van der Waals surface area contributed by atoms with Crippen LogP contribution in [0.5, 0.6) is 23.0 Å². The average Bonchev–Trinajstić information content (AvgIpc) is 1.60. The topological polar surface area (TPSA) is 283 Å². The van der Waals surface area contributed by atoms with Crippen molar-refractivity contribution in [3.63, 3.8) is 0 Å². The Bertz CT molecular complexity index is 4960. The highest BCUT2D eigenvalue weighted by atomic mass is 35.5. The molecule has 6 aromatic heterocycles. The van der Waals surface area contributed by atoms with Gasteiger partial charge in [-0.1, -0.05) is 132 Å². The summed E-state index contributed by atoms with van der Waals surface area (Å²) >= 11 is 2.31. The number of halogens is 4. The molecule has 1 amide bonds. The summed E-state index contributed by atoms with van der Waals surface area (Å²) in [4.78, 5) is 45.1. The summed E-state index contributed by atoms with van der Waals surface area (Å²) < 4.78 is 102. The number of fused-ring (bicyclic) bond motifs is 3. The maximum atomic E-state index is 13.9. The van der Waals surface area contributed by atoms with E-state index in [1.165, 1.54) is 31.2 Å². The van der Waals surface area contributed by atoms with Gasteiger partial charge in [-0.15, -0.1) is 0 Å². The van der Waals surface area contributed by atoms with E-state index in [0.29, 0.717) is 85.9 Å². The van der Waals surface area contributed by atoms with Crippen LogP contribution in [-0.2, 0) is 49.9 Å². The van der Waals surface area contributed by atoms with Crippen molar-refractivity contribution in [2.45, 2.75) is 125 Å². The molecule has 6 heterocycles. The van der Waals surface area contributed by atoms with Crippen molar-refractivity contribution in [3.8, 4) is 40.5 Å². The van der Waals surface area contributed by atoms with Crippen LogP contribution in [0, 0.1) is 57.9 Å². The average molecular weight is 1430 g/mol. The van der Waals surface area contributed by atoms with Crippen LogP contribution in [-0.4, -0.2) is 89.3 Å². The summed E-state index contributed by atoms with van der Waals surface area (Å²) in [7, 11) is 0. The molecule has 0 radical (unpaired) electrons. The van der Waals surface area contributed by atoms with Gasteiger partial charge in [0.1, 0.15) is 50.7 Å². The first-order valence-corrected chi connectivity index (χ1v) is 34.0. The standard InChI is InChI=1S/C28H30N6O2S.C23H29ClN4O4.C20H14F3N3O4S/c1-18-11-12-20(28(5,6)17-27(2,3)4)14-24(18)36-37(35)33-21-10-8-9-19(13-21)25-31-32-26-22(15-29)23(30-7)16-34(25)26;1-6-16(32-17-9-8-13(3)12-14(17)4)22(29)25-11-10-18-26-27-21-19(23(30)31-7-2)15(5)20(24)28(18)21;1-12-24-18-16(29-19(27)13-8-4-2-5-9-13)15(17(20(21,22)23)26(18)25-12)30-31(28)14-10-6-3-7-11-14/h8-14,16,32-33H,17H2,1-6H3;8-9,12,16,27H,6-7,10-11H2,1-5H3,(H,25,29);2-11H,1H3,(H,24,25). The Morgan fingerprint density at radius 3 is 2.16 bits per heavy atom. The third-order valence-corrected chi connectivity index (χ3v) is 17.8. The molecule has 5 aromatic carbocycles. The molecular formula is C71H73ClF3N13O10S2. The van der Waals surface area contributed by atoms with Gasteiger partial charge in [0.15, 0.2) is 17.6 Å². The molecule has 0 fully saturated rings. The third-order valence-electron chi connectivity index (χ3n) is 15.6. The number of aryl methyl sites for hydroxylation is 4. The van der Waals surface area contributed by atoms with Gasteiger partial charge in [0.25, 0.3) is 5.91 Å². The van der Waals surface area contributed by atoms with Crippen LogP contribution in [0.4, 0.5) is 24.5 Å². The second-order valence-electron chi connectivity index (χ2n) is 25.0. The lowest BCUT2D eigenvalue weighted by molar-refractivity contribution is -0.143. The molecule has 23 nitrogen and oxygen atoms in total. The number of ether oxygens (including phenoxy) is 3. The molecular weight excluding hydrogens is 1350 g/mol. The van der Waals surface area contributed by atoms with Gasteiger partial charge in [0.05, 0.1) is 35.4 Å². The van der Waals surface area contributed by atoms with Crippen molar-refractivity contribution in [2.75, 3.05) is 17.9 Å². The van der Waals surface area contributed by atoms with Crippen LogP contribution < -0.4 is 27.9 Å². The van der Waals surface area contributed by atoms with E-state index < -0.39 is 63.8 Å². The first-order valence-electron chi connectivity index (χ1n) is 31.4. The smallest absolute Gasteiger partial charge is 0.437 e. The van der Waals surface area contributed by atoms with Crippen molar-refractivity contribution < 1.29 is 58.5 Å². The predicted octanol–water partition coefficient (Wildman–Crippen LogP) is 15.1.